The van der Waals surface area contributed by atoms with E-state index in [1.807, 2.05) is 24.3 Å². The number of fused-ring (bicyclic) bond motifs is 1. The molecule has 1 aliphatic heterocycles. The smallest absolute Gasteiger partial charge is 0.256 e. The normalized spacial score (nSPS) is 17.7. The fourth-order valence-electron chi connectivity index (χ4n) is 4.10. The summed E-state index contributed by atoms with van der Waals surface area (Å²) in [4.78, 5) is 14.5. The first-order chi connectivity index (χ1) is 14.6. The van der Waals surface area contributed by atoms with Gasteiger partial charge < -0.3 is 15.3 Å². The van der Waals surface area contributed by atoms with Gasteiger partial charge in [0.25, 0.3) is 5.91 Å². The second-order valence-electron chi connectivity index (χ2n) is 8.36. The number of hydrogen-bond acceptors (Lipinski definition) is 5. The van der Waals surface area contributed by atoms with E-state index in [2.05, 4.69) is 15.5 Å². The molecule has 2 aliphatic rings. The van der Waals surface area contributed by atoms with Crippen LogP contribution in [0.5, 0.6) is 0 Å². The Labute approximate surface area is 173 Å². The molecule has 7 heteroatoms. The Morgan fingerprint density at radius 2 is 2.03 bits per heavy atom. The van der Waals surface area contributed by atoms with Crippen LogP contribution in [0.4, 0.5) is 4.39 Å². The number of carbonyl (C=O) groups excluding carboxylic acids is 1. The van der Waals surface area contributed by atoms with Gasteiger partial charge in [0.2, 0.25) is 0 Å². The van der Waals surface area contributed by atoms with Gasteiger partial charge in [-0.3, -0.25) is 4.79 Å². The molecular formula is C23H23FN4O2. The van der Waals surface area contributed by atoms with Crippen molar-refractivity contribution in [3.8, 4) is 0 Å². The maximum absolute atomic E-state index is 14.4. The summed E-state index contributed by atoms with van der Waals surface area (Å²) in [6, 6.07) is 12.7. The summed E-state index contributed by atoms with van der Waals surface area (Å²) in [5, 5.41) is 23.2. The minimum Gasteiger partial charge on any atom is -0.394 e. The quantitative estimate of drug-likeness (QED) is 0.657. The maximum Gasteiger partial charge on any atom is 0.256 e. The Kier molecular flexibility index (Phi) is 4.72. The van der Waals surface area contributed by atoms with Gasteiger partial charge in [-0.05, 0) is 30.5 Å². The van der Waals surface area contributed by atoms with Gasteiger partial charge >= 0.3 is 0 Å². The van der Waals surface area contributed by atoms with Crippen LogP contribution >= 0.6 is 0 Å². The predicted octanol–water partition coefficient (Wildman–Crippen LogP) is 2.30. The number of benzene rings is 2. The Hall–Kier alpha value is -2.90. The number of halogens is 1. The van der Waals surface area contributed by atoms with Gasteiger partial charge in [-0.15, -0.1) is 0 Å². The number of aliphatic hydroxyl groups excluding tert-OH is 1. The summed E-state index contributed by atoms with van der Waals surface area (Å²) in [5.74, 6) is -0.816. The van der Waals surface area contributed by atoms with Gasteiger partial charge in [-0.1, -0.05) is 30.3 Å². The molecule has 0 unspecified atom stereocenters. The van der Waals surface area contributed by atoms with Gasteiger partial charge in [0.15, 0.2) is 0 Å². The Bertz CT molecular complexity index is 1100. The van der Waals surface area contributed by atoms with Gasteiger partial charge in [0.05, 0.1) is 24.1 Å². The number of aliphatic hydroxyl groups is 1. The van der Waals surface area contributed by atoms with Gasteiger partial charge in [-0.2, -0.15) is 10.2 Å². The zero-order valence-corrected chi connectivity index (χ0v) is 16.5. The lowest BCUT2D eigenvalue weighted by molar-refractivity contribution is 0.0522. The number of rotatable bonds is 6. The molecule has 154 valence electrons. The van der Waals surface area contributed by atoms with Crippen LogP contribution < -0.4 is 5.32 Å². The number of hydrogen-bond donors (Lipinski definition) is 2. The first-order valence-corrected chi connectivity index (χ1v) is 10.2. The van der Waals surface area contributed by atoms with Crippen molar-refractivity contribution in [3.63, 3.8) is 0 Å². The van der Waals surface area contributed by atoms with E-state index in [1.54, 1.807) is 23.2 Å². The fourth-order valence-corrected chi connectivity index (χ4v) is 4.10. The SMILES string of the molecule is O=C(c1cc(Cc2nncc3ccccc23)ccc1F)N1CC(NC2(CO)CC2)C1. The van der Waals surface area contributed by atoms with E-state index < -0.39 is 5.82 Å². The van der Waals surface area contributed by atoms with Crippen molar-refractivity contribution < 1.29 is 14.3 Å². The molecule has 0 radical (unpaired) electrons. The van der Waals surface area contributed by atoms with Crippen molar-refractivity contribution in [1.82, 2.24) is 20.4 Å². The van der Waals surface area contributed by atoms with Crippen molar-refractivity contribution in [3.05, 3.63) is 71.3 Å². The molecule has 2 N–H and O–H groups in total. The van der Waals surface area contributed by atoms with E-state index in [0.717, 1.165) is 34.9 Å². The molecule has 1 aromatic heterocycles. The second-order valence-corrected chi connectivity index (χ2v) is 8.36. The van der Waals surface area contributed by atoms with Gasteiger partial charge in [0.1, 0.15) is 5.82 Å². The zero-order valence-electron chi connectivity index (χ0n) is 16.5. The van der Waals surface area contributed by atoms with Crippen LogP contribution in [0.2, 0.25) is 0 Å². The topological polar surface area (TPSA) is 78.4 Å². The molecule has 2 fully saturated rings. The third-order valence-corrected chi connectivity index (χ3v) is 6.11. The van der Waals surface area contributed by atoms with Crippen LogP contribution in [-0.4, -0.2) is 57.4 Å². The van der Waals surface area contributed by atoms with Crippen molar-refractivity contribution in [2.24, 2.45) is 0 Å². The monoisotopic (exact) mass is 406 g/mol. The first kappa shape index (κ1) is 19.1. The molecule has 5 rings (SSSR count). The number of aromatic nitrogens is 2. The molecule has 6 nitrogen and oxygen atoms in total. The second kappa shape index (κ2) is 7.41. The molecule has 30 heavy (non-hydrogen) atoms. The van der Waals surface area contributed by atoms with Crippen molar-refractivity contribution in [2.45, 2.75) is 30.8 Å². The molecule has 2 heterocycles. The van der Waals surface area contributed by atoms with E-state index in [9.17, 15) is 14.3 Å². The molecule has 1 amide bonds. The van der Waals surface area contributed by atoms with E-state index >= 15 is 0 Å². The molecule has 1 saturated heterocycles. The molecular weight excluding hydrogens is 383 g/mol. The minimum absolute atomic E-state index is 0.0856. The lowest BCUT2D eigenvalue weighted by Gasteiger charge is -2.41. The van der Waals surface area contributed by atoms with Crippen LogP contribution in [0.1, 0.15) is 34.5 Å². The Morgan fingerprint density at radius 3 is 2.80 bits per heavy atom. The highest BCUT2D eigenvalue weighted by Gasteiger charge is 2.46. The van der Waals surface area contributed by atoms with Crippen molar-refractivity contribution >= 4 is 16.7 Å². The molecule has 1 saturated carbocycles. The van der Waals surface area contributed by atoms with E-state index in [-0.39, 0.29) is 29.7 Å². The predicted molar refractivity (Wildman–Crippen MR) is 111 cm³/mol. The van der Waals surface area contributed by atoms with Crippen LogP contribution in [0.3, 0.4) is 0 Å². The highest BCUT2D eigenvalue weighted by Crippen LogP contribution is 2.36. The molecule has 2 aromatic carbocycles. The number of nitrogens with zero attached hydrogens (tertiary/aromatic N) is 3. The van der Waals surface area contributed by atoms with Gasteiger partial charge in [-0.25, -0.2) is 4.39 Å². The molecule has 1 aliphatic carbocycles. The van der Waals surface area contributed by atoms with E-state index in [1.165, 1.54) is 6.07 Å². The summed E-state index contributed by atoms with van der Waals surface area (Å²) >= 11 is 0. The summed E-state index contributed by atoms with van der Waals surface area (Å²) in [5.41, 5.74) is 1.54. The number of likely N-dealkylation sites (tertiary alicyclic amines) is 1. The van der Waals surface area contributed by atoms with Crippen LogP contribution in [0.15, 0.2) is 48.7 Å². The largest absolute Gasteiger partial charge is 0.394 e. The molecule has 3 aromatic rings. The average molecular weight is 406 g/mol. The lowest BCUT2D eigenvalue weighted by atomic mass is 10.0. The van der Waals surface area contributed by atoms with Crippen LogP contribution in [-0.2, 0) is 6.42 Å². The Morgan fingerprint density at radius 1 is 1.23 bits per heavy atom. The first-order valence-electron chi connectivity index (χ1n) is 10.2. The zero-order chi connectivity index (χ0) is 20.7. The lowest BCUT2D eigenvalue weighted by Crippen LogP contribution is -2.63. The number of amides is 1. The fraction of sp³-hybridized carbons (Fsp3) is 0.348. The standard InChI is InChI=1S/C23H23FN4O2/c24-20-6-5-15(10-21-18-4-2-1-3-16(18)11-25-27-21)9-19(20)22(30)28-12-17(13-28)26-23(14-29)7-8-23/h1-6,9,11,17,26,29H,7-8,10,12-14H2. The minimum atomic E-state index is -0.516. The highest BCUT2D eigenvalue weighted by atomic mass is 19.1. The third kappa shape index (κ3) is 3.55. The summed E-state index contributed by atoms with van der Waals surface area (Å²) < 4.78 is 14.4. The van der Waals surface area contributed by atoms with E-state index in [4.69, 9.17) is 0 Å². The van der Waals surface area contributed by atoms with Crippen molar-refractivity contribution in [2.75, 3.05) is 19.7 Å². The van der Waals surface area contributed by atoms with Gasteiger partial charge in [0, 0.05) is 41.9 Å². The summed E-state index contributed by atoms with van der Waals surface area (Å²) in [6.45, 7) is 1.17. The maximum atomic E-state index is 14.4. The number of carbonyl (C=O) groups is 1. The summed E-state index contributed by atoms with van der Waals surface area (Å²) in [6.07, 6.45) is 4.11. The van der Waals surface area contributed by atoms with Crippen LogP contribution in [0, 0.1) is 5.82 Å². The molecule has 0 spiro atoms. The summed E-state index contributed by atoms with van der Waals surface area (Å²) in [7, 11) is 0. The average Bonchev–Trinajstić information content (AvgIpc) is 3.52. The molecule has 0 atom stereocenters. The highest BCUT2D eigenvalue weighted by molar-refractivity contribution is 5.95. The third-order valence-electron chi connectivity index (χ3n) is 6.11. The van der Waals surface area contributed by atoms with Crippen LogP contribution in [0.25, 0.3) is 10.8 Å². The van der Waals surface area contributed by atoms with E-state index in [0.29, 0.717) is 19.5 Å². The number of nitrogens with one attached hydrogen (secondary N) is 1. The molecule has 0 bridgehead atoms. The van der Waals surface area contributed by atoms with Crippen molar-refractivity contribution in [1.29, 1.82) is 0 Å². The Balaban J connectivity index is 1.31.